The molecule has 0 fully saturated rings. The highest BCUT2D eigenvalue weighted by molar-refractivity contribution is 9.10. The van der Waals surface area contributed by atoms with E-state index in [1.54, 1.807) is 6.92 Å². The number of halogens is 2. The number of nitrogens with one attached hydrogen (secondary N) is 1. The van der Waals surface area contributed by atoms with E-state index in [0.717, 1.165) is 6.07 Å². The van der Waals surface area contributed by atoms with Gasteiger partial charge in [0.15, 0.2) is 0 Å². The molecule has 0 aliphatic rings. The van der Waals surface area contributed by atoms with Gasteiger partial charge in [0.2, 0.25) is 10.0 Å². The van der Waals surface area contributed by atoms with E-state index in [1.807, 2.05) is 13.8 Å². The van der Waals surface area contributed by atoms with Crippen molar-refractivity contribution in [3.63, 3.8) is 0 Å². The van der Waals surface area contributed by atoms with Gasteiger partial charge in [0.1, 0.15) is 5.82 Å². The van der Waals surface area contributed by atoms with Gasteiger partial charge in [-0.3, -0.25) is 0 Å². The maximum Gasteiger partial charge on any atom is 0.241 e. The molecule has 114 valence electrons. The van der Waals surface area contributed by atoms with E-state index >= 15 is 0 Å². The van der Waals surface area contributed by atoms with Gasteiger partial charge in [0.05, 0.1) is 9.37 Å². The zero-order valence-electron chi connectivity index (χ0n) is 11.8. The summed E-state index contributed by atoms with van der Waals surface area (Å²) in [6.45, 7) is 5.90. The third-order valence-electron chi connectivity index (χ3n) is 2.89. The minimum absolute atomic E-state index is 0.110. The highest BCUT2D eigenvalue weighted by Gasteiger charge is 2.30. The average molecular weight is 367 g/mol. The van der Waals surface area contributed by atoms with E-state index in [0.29, 0.717) is 6.42 Å². The Hall–Kier alpha value is -0.500. The monoisotopic (exact) mass is 366 g/mol. The van der Waals surface area contributed by atoms with Gasteiger partial charge in [-0.05, 0) is 53.4 Å². The van der Waals surface area contributed by atoms with Crippen LogP contribution in [-0.2, 0) is 10.0 Å². The lowest BCUT2D eigenvalue weighted by Crippen LogP contribution is -2.51. The Morgan fingerprint density at radius 3 is 2.50 bits per heavy atom. The van der Waals surface area contributed by atoms with Crippen molar-refractivity contribution in [1.29, 1.82) is 0 Å². The first kappa shape index (κ1) is 17.6. The summed E-state index contributed by atoms with van der Waals surface area (Å²) in [6, 6.07) is 3.70. The van der Waals surface area contributed by atoms with Gasteiger partial charge >= 0.3 is 0 Å². The van der Waals surface area contributed by atoms with Gasteiger partial charge < -0.3 is 5.73 Å². The summed E-state index contributed by atoms with van der Waals surface area (Å²) in [7, 11) is -3.81. The van der Waals surface area contributed by atoms with Crippen LogP contribution in [-0.4, -0.2) is 20.5 Å². The summed E-state index contributed by atoms with van der Waals surface area (Å²) in [5.41, 5.74) is 4.93. The van der Waals surface area contributed by atoms with E-state index < -0.39 is 21.4 Å². The molecule has 1 aromatic rings. The first-order valence-electron chi connectivity index (χ1n) is 6.29. The van der Waals surface area contributed by atoms with Crippen molar-refractivity contribution >= 4 is 26.0 Å². The van der Waals surface area contributed by atoms with E-state index in [4.69, 9.17) is 5.73 Å². The normalized spacial score (nSPS) is 15.3. The molecule has 4 nitrogen and oxygen atoms in total. The molecular weight excluding hydrogens is 347 g/mol. The first-order valence-corrected chi connectivity index (χ1v) is 8.56. The number of nitrogens with two attached hydrogens (primary N) is 1. The molecule has 1 aromatic carbocycles. The second kappa shape index (κ2) is 6.51. The largest absolute Gasteiger partial charge is 0.329 e. The van der Waals surface area contributed by atoms with Crippen molar-refractivity contribution < 1.29 is 12.8 Å². The highest BCUT2D eigenvalue weighted by atomic mass is 79.9. The lowest BCUT2D eigenvalue weighted by atomic mass is 9.92. The van der Waals surface area contributed by atoms with Crippen LogP contribution in [0.15, 0.2) is 27.6 Å². The second-order valence-electron chi connectivity index (χ2n) is 5.54. The quantitative estimate of drug-likeness (QED) is 0.812. The summed E-state index contributed by atoms with van der Waals surface area (Å²) in [5.74, 6) is -0.334. The van der Waals surface area contributed by atoms with Crippen LogP contribution < -0.4 is 10.5 Å². The van der Waals surface area contributed by atoms with Gasteiger partial charge in [-0.15, -0.1) is 0 Å². The highest BCUT2D eigenvalue weighted by Crippen LogP contribution is 2.22. The minimum atomic E-state index is -3.81. The Morgan fingerprint density at radius 1 is 1.45 bits per heavy atom. The van der Waals surface area contributed by atoms with Crippen LogP contribution >= 0.6 is 15.9 Å². The minimum Gasteiger partial charge on any atom is -0.329 e. The molecule has 0 aliphatic carbocycles. The Kier molecular flexibility index (Phi) is 5.71. The van der Waals surface area contributed by atoms with Gasteiger partial charge in [-0.25, -0.2) is 17.5 Å². The van der Waals surface area contributed by atoms with Crippen LogP contribution in [0.2, 0.25) is 0 Å². The molecule has 1 rings (SSSR count). The molecule has 3 N–H and O–H groups in total. The van der Waals surface area contributed by atoms with Gasteiger partial charge in [-0.1, -0.05) is 13.8 Å². The third-order valence-corrected chi connectivity index (χ3v) is 5.17. The van der Waals surface area contributed by atoms with Crippen LogP contribution in [0.1, 0.15) is 27.2 Å². The van der Waals surface area contributed by atoms with Gasteiger partial charge in [0.25, 0.3) is 0 Å². The Bertz CT molecular complexity index is 578. The topological polar surface area (TPSA) is 72.2 Å². The van der Waals surface area contributed by atoms with Crippen LogP contribution in [0.5, 0.6) is 0 Å². The van der Waals surface area contributed by atoms with Gasteiger partial charge in [0, 0.05) is 12.1 Å². The summed E-state index contributed by atoms with van der Waals surface area (Å²) in [6.07, 6.45) is 0.599. The van der Waals surface area contributed by atoms with E-state index in [-0.39, 0.29) is 21.8 Å². The molecule has 0 aliphatic heterocycles. The predicted octanol–water partition coefficient (Wildman–Crippen LogP) is 2.63. The summed E-state index contributed by atoms with van der Waals surface area (Å²) >= 11 is 2.99. The molecule has 0 amide bonds. The van der Waals surface area contributed by atoms with Crippen molar-refractivity contribution in [2.24, 2.45) is 11.7 Å². The van der Waals surface area contributed by atoms with E-state index in [2.05, 4.69) is 20.7 Å². The van der Waals surface area contributed by atoms with E-state index in [9.17, 15) is 12.8 Å². The number of sulfonamides is 1. The Labute approximate surface area is 128 Å². The molecule has 1 atom stereocenters. The molecule has 7 heteroatoms. The molecule has 0 spiro atoms. The fourth-order valence-corrected chi connectivity index (χ4v) is 3.78. The smallest absolute Gasteiger partial charge is 0.241 e. The number of rotatable bonds is 6. The standard InChI is InChI=1S/C13H20BrFN2O2S/c1-9(2)7-13(3,8-16)17-20(18,19)10-4-5-11(14)12(15)6-10/h4-6,9,17H,7-8,16H2,1-3H3. The van der Waals surface area contributed by atoms with Crippen molar-refractivity contribution in [2.75, 3.05) is 6.54 Å². The molecule has 1 unspecified atom stereocenters. The third kappa shape index (κ3) is 4.51. The lowest BCUT2D eigenvalue weighted by molar-refractivity contribution is 0.344. The van der Waals surface area contributed by atoms with Crippen molar-refractivity contribution in [1.82, 2.24) is 4.72 Å². The summed E-state index contributed by atoms with van der Waals surface area (Å²) in [4.78, 5) is -0.110. The molecule has 0 radical (unpaired) electrons. The molecule has 20 heavy (non-hydrogen) atoms. The SMILES string of the molecule is CC(C)CC(C)(CN)NS(=O)(=O)c1ccc(Br)c(F)c1. The Morgan fingerprint density at radius 2 is 2.05 bits per heavy atom. The molecule has 0 aromatic heterocycles. The molecule has 0 bridgehead atoms. The number of hydrogen-bond donors (Lipinski definition) is 2. The molecule has 0 saturated carbocycles. The number of benzene rings is 1. The molecule has 0 heterocycles. The molecule has 0 saturated heterocycles. The van der Waals surface area contributed by atoms with Crippen molar-refractivity contribution in [3.05, 3.63) is 28.5 Å². The zero-order chi connectivity index (χ0) is 15.6. The van der Waals surface area contributed by atoms with Gasteiger partial charge in [-0.2, -0.15) is 0 Å². The fraction of sp³-hybridized carbons (Fsp3) is 0.538. The van der Waals surface area contributed by atoms with Crippen molar-refractivity contribution in [2.45, 2.75) is 37.6 Å². The van der Waals surface area contributed by atoms with Crippen LogP contribution in [0.3, 0.4) is 0 Å². The fourth-order valence-electron chi connectivity index (χ4n) is 2.10. The van der Waals surface area contributed by atoms with Crippen molar-refractivity contribution in [3.8, 4) is 0 Å². The second-order valence-corrected chi connectivity index (χ2v) is 8.08. The average Bonchev–Trinajstić information content (AvgIpc) is 2.30. The molecular formula is C13H20BrFN2O2S. The van der Waals surface area contributed by atoms with Crippen LogP contribution in [0, 0.1) is 11.7 Å². The van der Waals surface area contributed by atoms with Crippen LogP contribution in [0.4, 0.5) is 4.39 Å². The first-order chi connectivity index (χ1) is 9.09. The van der Waals surface area contributed by atoms with E-state index in [1.165, 1.54) is 12.1 Å². The maximum absolute atomic E-state index is 13.5. The maximum atomic E-state index is 13.5. The lowest BCUT2D eigenvalue weighted by Gasteiger charge is -2.30. The summed E-state index contributed by atoms with van der Waals surface area (Å²) in [5, 5.41) is 0. The summed E-state index contributed by atoms with van der Waals surface area (Å²) < 4.78 is 40.9. The predicted molar refractivity (Wildman–Crippen MR) is 81.3 cm³/mol. The number of hydrogen-bond acceptors (Lipinski definition) is 3. The zero-order valence-corrected chi connectivity index (χ0v) is 14.2. The van der Waals surface area contributed by atoms with Crippen LogP contribution in [0.25, 0.3) is 0 Å². The Balaban J connectivity index is 3.07.